The van der Waals surface area contributed by atoms with Gasteiger partial charge in [0, 0.05) is 0 Å². The van der Waals surface area contributed by atoms with Crippen LogP contribution in [0.1, 0.15) is 12.2 Å². The number of nitrogens with zero attached hydrogens (tertiary/aromatic N) is 3. The summed E-state index contributed by atoms with van der Waals surface area (Å²) in [6, 6.07) is 5.50. The van der Waals surface area contributed by atoms with Crippen molar-refractivity contribution in [2.75, 3.05) is 5.01 Å². The van der Waals surface area contributed by atoms with E-state index in [1.165, 1.54) is 5.01 Å². The number of carbonyl (C=O) groups excluding carboxylic acids is 1. The predicted molar refractivity (Wildman–Crippen MR) is 64.6 cm³/mol. The molecule has 0 spiro atoms. The molecule has 6 heteroatoms. The second-order valence-corrected chi connectivity index (χ2v) is 4.00. The number of amidine groups is 1. The van der Waals surface area contributed by atoms with Crippen LogP contribution >= 0.6 is 0 Å². The molecular formula is C11H11N5O. The quantitative estimate of drug-likeness (QED) is 0.760. The molecule has 2 heterocycles. The number of aromatic nitrogens is 2. The molecule has 17 heavy (non-hydrogen) atoms. The van der Waals surface area contributed by atoms with Gasteiger partial charge >= 0.3 is 0 Å². The van der Waals surface area contributed by atoms with E-state index in [4.69, 9.17) is 5.73 Å². The molecule has 1 aliphatic rings. The normalized spacial score (nSPS) is 15.7. The third kappa shape index (κ3) is 1.54. The Morgan fingerprint density at radius 2 is 2.29 bits per heavy atom. The Labute approximate surface area is 97.1 Å². The highest BCUT2D eigenvalue weighted by molar-refractivity contribution is 6.12. The molecular weight excluding hydrogens is 218 g/mol. The smallest absolute Gasteiger partial charge is 0.255 e. The SMILES string of the molecule is Cc1nc2ccc(N3N=C(N)CC3=O)cc2[nH]1. The van der Waals surface area contributed by atoms with Crippen LogP contribution in [0.5, 0.6) is 0 Å². The number of fused-ring (bicyclic) bond motifs is 1. The summed E-state index contributed by atoms with van der Waals surface area (Å²) >= 11 is 0. The maximum absolute atomic E-state index is 11.6. The molecule has 6 nitrogen and oxygen atoms in total. The zero-order valence-electron chi connectivity index (χ0n) is 9.27. The van der Waals surface area contributed by atoms with Crippen molar-refractivity contribution >= 4 is 28.5 Å². The lowest BCUT2D eigenvalue weighted by atomic mass is 10.2. The maximum atomic E-state index is 11.6. The Kier molecular flexibility index (Phi) is 1.91. The van der Waals surface area contributed by atoms with Gasteiger partial charge in [0.25, 0.3) is 5.91 Å². The van der Waals surface area contributed by atoms with E-state index >= 15 is 0 Å². The molecule has 3 N–H and O–H groups in total. The highest BCUT2D eigenvalue weighted by Crippen LogP contribution is 2.23. The monoisotopic (exact) mass is 229 g/mol. The molecule has 0 fully saturated rings. The minimum atomic E-state index is -0.113. The molecule has 1 aliphatic heterocycles. The molecule has 0 saturated carbocycles. The molecule has 0 aliphatic carbocycles. The summed E-state index contributed by atoms with van der Waals surface area (Å²) < 4.78 is 0. The lowest BCUT2D eigenvalue weighted by Gasteiger charge is -2.10. The van der Waals surface area contributed by atoms with E-state index in [0.717, 1.165) is 16.9 Å². The number of hydrogen-bond donors (Lipinski definition) is 2. The number of carbonyl (C=O) groups is 1. The predicted octanol–water partition coefficient (Wildman–Crippen LogP) is 0.880. The Morgan fingerprint density at radius 3 is 3.00 bits per heavy atom. The number of amides is 1. The van der Waals surface area contributed by atoms with Gasteiger partial charge in [0.2, 0.25) is 0 Å². The van der Waals surface area contributed by atoms with Gasteiger partial charge in [-0.2, -0.15) is 10.1 Å². The third-order valence-corrected chi connectivity index (χ3v) is 2.63. The first-order valence-corrected chi connectivity index (χ1v) is 5.26. The highest BCUT2D eigenvalue weighted by Gasteiger charge is 2.23. The standard InChI is InChI=1S/C11H11N5O/c1-6-13-8-3-2-7(4-9(8)14-6)16-11(17)5-10(12)15-16/h2-4H,5H2,1H3,(H2,12,15)(H,13,14). The van der Waals surface area contributed by atoms with Crippen LogP contribution in [-0.4, -0.2) is 21.7 Å². The third-order valence-electron chi connectivity index (χ3n) is 2.63. The number of benzene rings is 1. The molecule has 2 aromatic rings. The van der Waals surface area contributed by atoms with Crippen LogP contribution in [-0.2, 0) is 4.79 Å². The number of hydrazone groups is 1. The van der Waals surface area contributed by atoms with Gasteiger partial charge in [-0.1, -0.05) is 0 Å². The molecule has 1 aromatic carbocycles. The van der Waals surface area contributed by atoms with E-state index in [9.17, 15) is 4.79 Å². The van der Waals surface area contributed by atoms with Crippen molar-refractivity contribution in [3.8, 4) is 0 Å². The van der Waals surface area contributed by atoms with Crippen LogP contribution in [0.4, 0.5) is 5.69 Å². The summed E-state index contributed by atoms with van der Waals surface area (Å²) in [7, 11) is 0. The first-order chi connectivity index (χ1) is 8.13. The molecule has 0 saturated heterocycles. The largest absolute Gasteiger partial charge is 0.385 e. The van der Waals surface area contributed by atoms with Gasteiger partial charge in [0.1, 0.15) is 11.7 Å². The van der Waals surface area contributed by atoms with E-state index in [0.29, 0.717) is 11.5 Å². The van der Waals surface area contributed by atoms with Crippen LogP contribution in [0.3, 0.4) is 0 Å². The van der Waals surface area contributed by atoms with Gasteiger partial charge in [-0.25, -0.2) is 4.98 Å². The van der Waals surface area contributed by atoms with Crippen molar-refractivity contribution in [1.82, 2.24) is 9.97 Å². The summed E-state index contributed by atoms with van der Waals surface area (Å²) in [4.78, 5) is 19.0. The Bertz CT molecular complexity index is 642. The highest BCUT2D eigenvalue weighted by atomic mass is 16.2. The minimum absolute atomic E-state index is 0.113. The summed E-state index contributed by atoms with van der Waals surface area (Å²) in [6.07, 6.45) is 0.181. The zero-order valence-corrected chi connectivity index (χ0v) is 9.27. The van der Waals surface area contributed by atoms with Crippen molar-refractivity contribution in [1.29, 1.82) is 0 Å². The Hall–Kier alpha value is -2.37. The fourth-order valence-electron chi connectivity index (χ4n) is 1.91. The summed E-state index contributed by atoms with van der Waals surface area (Å²) in [6.45, 7) is 1.89. The average Bonchev–Trinajstić information content (AvgIpc) is 2.78. The molecule has 3 rings (SSSR count). The molecule has 0 atom stereocenters. The Balaban J connectivity index is 2.09. The molecule has 0 bridgehead atoms. The van der Waals surface area contributed by atoms with Gasteiger partial charge in [-0.05, 0) is 25.1 Å². The van der Waals surface area contributed by atoms with Gasteiger partial charge in [0.15, 0.2) is 0 Å². The summed E-state index contributed by atoms with van der Waals surface area (Å²) in [5.41, 5.74) is 7.99. The van der Waals surface area contributed by atoms with E-state index in [2.05, 4.69) is 15.1 Å². The van der Waals surface area contributed by atoms with Crippen LogP contribution in [0.2, 0.25) is 0 Å². The van der Waals surface area contributed by atoms with Gasteiger partial charge < -0.3 is 10.7 Å². The number of H-pyrrole nitrogens is 1. The molecule has 0 unspecified atom stereocenters. The van der Waals surface area contributed by atoms with Gasteiger partial charge in [-0.3, -0.25) is 4.79 Å². The zero-order chi connectivity index (χ0) is 12.0. The second-order valence-electron chi connectivity index (χ2n) is 4.00. The lowest BCUT2D eigenvalue weighted by Crippen LogP contribution is -2.19. The van der Waals surface area contributed by atoms with E-state index in [1.807, 2.05) is 25.1 Å². The van der Waals surface area contributed by atoms with E-state index < -0.39 is 0 Å². The van der Waals surface area contributed by atoms with Crippen LogP contribution < -0.4 is 10.7 Å². The fraction of sp³-hybridized carbons (Fsp3) is 0.182. The van der Waals surface area contributed by atoms with Crippen molar-refractivity contribution < 1.29 is 4.79 Å². The maximum Gasteiger partial charge on any atom is 0.255 e. The minimum Gasteiger partial charge on any atom is -0.385 e. The number of anilines is 1. The number of aromatic amines is 1. The average molecular weight is 229 g/mol. The fourth-order valence-corrected chi connectivity index (χ4v) is 1.91. The first-order valence-electron chi connectivity index (χ1n) is 5.26. The van der Waals surface area contributed by atoms with Crippen molar-refractivity contribution in [2.24, 2.45) is 10.8 Å². The van der Waals surface area contributed by atoms with Crippen LogP contribution in [0.15, 0.2) is 23.3 Å². The van der Waals surface area contributed by atoms with E-state index in [-0.39, 0.29) is 12.3 Å². The number of aryl methyl sites for hydroxylation is 1. The molecule has 86 valence electrons. The van der Waals surface area contributed by atoms with Crippen LogP contribution in [0.25, 0.3) is 11.0 Å². The number of hydrogen-bond acceptors (Lipinski definition) is 4. The molecule has 1 amide bonds. The lowest BCUT2D eigenvalue weighted by molar-refractivity contribution is -0.116. The molecule has 0 radical (unpaired) electrons. The number of nitrogens with two attached hydrogens (primary N) is 1. The molecule has 1 aromatic heterocycles. The van der Waals surface area contributed by atoms with Crippen molar-refractivity contribution in [3.63, 3.8) is 0 Å². The van der Waals surface area contributed by atoms with Crippen LogP contribution in [0, 0.1) is 6.92 Å². The van der Waals surface area contributed by atoms with Gasteiger partial charge in [-0.15, -0.1) is 0 Å². The Morgan fingerprint density at radius 1 is 1.47 bits per heavy atom. The first kappa shape index (κ1) is 9.83. The number of rotatable bonds is 1. The summed E-state index contributed by atoms with van der Waals surface area (Å²) in [5, 5.41) is 5.32. The van der Waals surface area contributed by atoms with Crippen molar-refractivity contribution in [3.05, 3.63) is 24.0 Å². The number of imidazole rings is 1. The van der Waals surface area contributed by atoms with Crippen molar-refractivity contribution in [2.45, 2.75) is 13.3 Å². The summed E-state index contributed by atoms with van der Waals surface area (Å²) in [5.74, 6) is 1.07. The van der Waals surface area contributed by atoms with E-state index in [1.54, 1.807) is 0 Å². The number of nitrogens with one attached hydrogen (secondary N) is 1. The topological polar surface area (TPSA) is 87.4 Å². The second kappa shape index (κ2) is 3.31. The van der Waals surface area contributed by atoms with Gasteiger partial charge in [0.05, 0.1) is 23.1 Å².